The average molecular weight is 318 g/mol. The molecule has 1 aromatic carbocycles. The van der Waals surface area contributed by atoms with Crippen LogP contribution >= 0.6 is 0 Å². The molecule has 23 heavy (non-hydrogen) atoms. The fourth-order valence-electron chi connectivity index (χ4n) is 1.96. The van der Waals surface area contributed by atoms with Crippen LogP contribution in [0.1, 0.15) is 12.1 Å². The molecule has 0 saturated carbocycles. The average Bonchev–Trinajstić information content (AvgIpc) is 2.56. The van der Waals surface area contributed by atoms with E-state index in [2.05, 4.69) is 10.3 Å². The number of pyridine rings is 1. The van der Waals surface area contributed by atoms with Crippen LogP contribution < -0.4 is 10.1 Å². The number of nitrogens with one attached hydrogen (secondary N) is 1. The monoisotopic (exact) mass is 318 g/mol. The van der Waals surface area contributed by atoms with Crippen LogP contribution in [0.3, 0.4) is 0 Å². The number of carbonyl (C=O) groups is 1. The zero-order chi connectivity index (χ0) is 16.5. The largest absolute Gasteiger partial charge is 0.489 e. The molecular weight excluding hydrogens is 299 g/mol. The number of aryl methyl sites for hydroxylation is 1. The Kier molecular flexibility index (Phi) is 6.50. The summed E-state index contributed by atoms with van der Waals surface area (Å²) >= 11 is 0. The number of carbonyl (C=O) groups excluding carboxylic acids is 1. The minimum Gasteiger partial charge on any atom is -0.489 e. The number of amides is 1. The number of nitrogens with zero attached hydrogens (tertiary/aromatic N) is 1. The van der Waals surface area contributed by atoms with Gasteiger partial charge in [0.25, 0.3) is 0 Å². The maximum Gasteiger partial charge on any atom is 0.224 e. The van der Waals surface area contributed by atoms with Crippen molar-refractivity contribution in [2.45, 2.75) is 12.8 Å². The molecule has 0 aliphatic carbocycles. The van der Waals surface area contributed by atoms with Gasteiger partial charge in [0.1, 0.15) is 18.2 Å². The molecular formula is C17H19FN2O3. The standard InChI is InChI=1S/C17H19FN2O3/c1-22-10-11-23-16-7-5-13(18)12-15(16)20-17(21)8-6-14-4-2-3-9-19-14/h2-5,7,9,12H,6,8,10-11H2,1H3,(H,20,21). The molecule has 2 aromatic rings. The first-order valence-corrected chi connectivity index (χ1v) is 7.30. The van der Waals surface area contributed by atoms with E-state index in [1.807, 2.05) is 18.2 Å². The normalized spacial score (nSPS) is 10.3. The van der Waals surface area contributed by atoms with Crippen molar-refractivity contribution in [1.82, 2.24) is 4.98 Å². The van der Waals surface area contributed by atoms with E-state index in [-0.39, 0.29) is 12.3 Å². The van der Waals surface area contributed by atoms with Crippen LogP contribution in [-0.2, 0) is 16.0 Å². The zero-order valence-electron chi connectivity index (χ0n) is 12.9. The van der Waals surface area contributed by atoms with Crippen molar-refractivity contribution in [1.29, 1.82) is 0 Å². The first-order valence-electron chi connectivity index (χ1n) is 7.30. The second-order valence-corrected chi connectivity index (χ2v) is 4.85. The predicted molar refractivity (Wildman–Crippen MR) is 85.0 cm³/mol. The lowest BCUT2D eigenvalue weighted by Gasteiger charge is -2.12. The maximum absolute atomic E-state index is 13.4. The number of rotatable bonds is 8. The predicted octanol–water partition coefficient (Wildman–Crippen LogP) is 2.82. The fourth-order valence-corrected chi connectivity index (χ4v) is 1.96. The Morgan fingerprint density at radius 3 is 2.87 bits per heavy atom. The number of anilines is 1. The van der Waals surface area contributed by atoms with Crippen molar-refractivity contribution in [2.24, 2.45) is 0 Å². The number of hydrogen-bond acceptors (Lipinski definition) is 4. The minimum absolute atomic E-state index is 0.224. The summed E-state index contributed by atoms with van der Waals surface area (Å²) in [5.41, 5.74) is 1.14. The third-order valence-corrected chi connectivity index (χ3v) is 3.10. The number of hydrogen-bond donors (Lipinski definition) is 1. The van der Waals surface area contributed by atoms with Crippen molar-refractivity contribution in [3.63, 3.8) is 0 Å². The molecule has 1 heterocycles. The third-order valence-electron chi connectivity index (χ3n) is 3.10. The fraction of sp³-hybridized carbons (Fsp3) is 0.294. The molecule has 0 aliphatic heterocycles. The van der Waals surface area contributed by atoms with Crippen LogP contribution in [0.5, 0.6) is 5.75 Å². The Morgan fingerprint density at radius 2 is 2.13 bits per heavy atom. The lowest BCUT2D eigenvalue weighted by Crippen LogP contribution is -2.14. The van der Waals surface area contributed by atoms with Gasteiger partial charge in [0.05, 0.1) is 12.3 Å². The number of halogens is 1. The van der Waals surface area contributed by atoms with Crippen LogP contribution in [0.15, 0.2) is 42.6 Å². The van der Waals surface area contributed by atoms with Crippen molar-refractivity contribution in [3.05, 3.63) is 54.1 Å². The van der Waals surface area contributed by atoms with Gasteiger partial charge < -0.3 is 14.8 Å². The van der Waals surface area contributed by atoms with E-state index in [9.17, 15) is 9.18 Å². The van der Waals surface area contributed by atoms with E-state index in [1.54, 1.807) is 13.3 Å². The summed E-state index contributed by atoms with van der Waals surface area (Å²) in [6.07, 6.45) is 2.45. The second-order valence-electron chi connectivity index (χ2n) is 4.85. The highest BCUT2D eigenvalue weighted by Crippen LogP contribution is 2.25. The summed E-state index contributed by atoms with van der Waals surface area (Å²) in [6.45, 7) is 0.726. The van der Waals surface area contributed by atoms with Crippen molar-refractivity contribution >= 4 is 11.6 Å². The van der Waals surface area contributed by atoms with Crippen molar-refractivity contribution in [2.75, 3.05) is 25.6 Å². The molecule has 1 aromatic heterocycles. The SMILES string of the molecule is COCCOc1ccc(F)cc1NC(=O)CCc1ccccn1. The van der Waals surface area contributed by atoms with E-state index in [0.717, 1.165) is 5.69 Å². The number of ether oxygens (including phenoxy) is 2. The van der Waals surface area contributed by atoms with E-state index < -0.39 is 5.82 Å². The molecule has 0 unspecified atom stereocenters. The summed E-state index contributed by atoms with van der Waals surface area (Å²) < 4.78 is 23.8. The smallest absolute Gasteiger partial charge is 0.224 e. The molecule has 0 saturated heterocycles. The molecule has 0 radical (unpaired) electrons. The summed E-state index contributed by atoms with van der Waals surface area (Å²) in [6, 6.07) is 9.55. The summed E-state index contributed by atoms with van der Waals surface area (Å²) in [5, 5.41) is 2.68. The molecule has 122 valence electrons. The molecule has 0 bridgehead atoms. The maximum atomic E-state index is 13.4. The number of aromatic nitrogens is 1. The molecule has 5 nitrogen and oxygen atoms in total. The Hall–Kier alpha value is -2.47. The van der Waals surface area contributed by atoms with Crippen LogP contribution in [-0.4, -0.2) is 31.2 Å². The summed E-state index contributed by atoms with van der Waals surface area (Å²) in [4.78, 5) is 16.2. The summed E-state index contributed by atoms with van der Waals surface area (Å²) in [7, 11) is 1.56. The van der Waals surface area contributed by atoms with Crippen molar-refractivity contribution in [3.8, 4) is 5.75 Å². The van der Waals surface area contributed by atoms with Gasteiger partial charge in [0.2, 0.25) is 5.91 Å². The Bertz CT molecular complexity index is 635. The lowest BCUT2D eigenvalue weighted by atomic mass is 10.2. The first kappa shape index (κ1) is 16.9. The second kappa shape index (κ2) is 8.85. The summed E-state index contributed by atoms with van der Waals surface area (Å²) in [5.74, 6) is -0.253. The van der Waals surface area contributed by atoms with Crippen molar-refractivity contribution < 1.29 is 18.7 Å². The highest BCUT2D eigenvalue weighted by atomic mass is 19.1. The van der Waals surface area contributed by atoms with Gasteiger partial charge in [-0.25, -0.2) is 4.39 Å². The van der Waals surface area contributed by atoms with E-state index in [4.69, 9.17) is 9.47 Å². The number of benzene rings is 1. The molecule has 0 spiro atoms. The Labute approximate surface area is 134 Å². The highest BCUT2D eigenvalue weighted by molar-refractivity contribution is 5.92. The van der Waals surface area contributed by atoms with Crippen LogP contribution in [0, 0.1) is 5.82 Å². The zero-order valence-corrected chi connectivity index (χ0v) is 12.9. The Balaban J connectivity index is 1.94. The lowest BCUT2D eigenvalue weighted by molar-refractivity contribution is -0.116. The van der Waals surface area contributed by atoms with Gasteiger partial charge in [0.15, 0.2) is 0 Å². The highest BCUT2D eigenvalue weighted by Gasteiger charge is 2.10. The molecule has 0 fully saturated rings. The minimum atomic E-state index is -0.441. The van der Waals surface area contributed by atoms with E-state index >= 15 is 0 Å². The molecule has 6 heteroatoms. The molecule has 1 amide bonds. The topological polar surface area (TPSA) is 60.5 Å². The van der Waals surface area contributed by atoms with Crippen LogP contribution in [0.2, 0.25) is 0 Å². The molecule has 0 aliphatic rings. The Morgan fingerprint density at radius 1 is 1.26 bits per heavy atom. The van der Waals surface area contributed by atoms with Crippen LogP contribution in [0.25, 0.3) is 0 Å². The molecule has 1 N–H and O–H groups in total. The third kappa shape index (κ3) is 5.67. The van der Waals surface area contributed by atoms with Crippen LogP contribution in [0.4, 0.5) is 10.1 Å². The van der Waals surface area contributed by atoms with Gasteiger partial charge in [-0.05, 0) is 30.7 Å². The molecule has 0 atom stereocenters. The van der Waals surface area contributed by atoms with Gasteiger partial charge in [-0.2, -0.15) is 0 Å². The van der Waals surface area contributed by atoms with E-state index in [1.165, 1.54) is 18.2 Å². The van der Waals surface area contributed by atoms with Gasteiger partial charge >= 0.3 is 0 Å². The molecule has 2 rings (SSSR count). The quantitative estimate of drug-likeness (QED) is 0.760. The van der Waals surface area contributed by atoms with E-state index in [0.29, 0.717) is 31.1 Å². The van der Waals surface area contributed by atoms with Gasteiger partial charge in [0, 0.05) is 31.5 Å². The number of methoxy groups -OCH3 is 1. The van der Waals surface area contributed by atoms with Gasteiger partial charge in [-0.1, -0.05) is 6.07 Å². The first-order chi connectivity index (χ1) is 11.2. The van der Waals surface area contributed by atoms with Gasteiger partial charge in [-0.15, -0.1) is 0 Å². The van der Waals surface area contributed by atoms with Gasteiger partial charge in [-0.3, -0.25) is 9.78 Å².